The van der Waals surface area contributed by atoms with Crippen LogP contribution in [0.5, 0.6) is 0 Å². The van der Waals surface area contributed by atoms with Gasteiger partial charge in [-0.05, 0) is 51.2 Å². The number of aliphatic imine (C=N–C) groups is 1. The van der Waals surface area contributed by atoms with Gasteiger partial charge in [0.1, 0.15) is 11.9 Å². The first-order chi connectivity index (χ1) is 15.6. The molecule has 2 aromatic carbocycles. The molecular formula is C25H32BN3O4. The summed E-state index contributed by atoms with van der Waals surface area (Å²) in [6.45, 7) is 9.88. The molecule has 33 heavy (non-hydrogen) atoms. The highest BCUT2D eigenvalue weighted by molar-refractivity contribution is 6.62. The average molecular weight is 449 g/mol. The van der Waals surface area contributed by atoms with E-state index in [0.717, 1.165) is 16.6 Å². The van der Waals surface area contributed by atoms with E-state index in [-0.39, 0.29) is 0 Å². The summed E-state index contributed by atoms with van der Waals surface area (Å²) in [5.41, 5.74) is 8.22. The first-order valence-electron chi connectivity index (χ1n) is 11.0. The van der Waals surface area contributed by atoms with Crippen LogP contribution in [-0.4, -0.2) is 37.3 Å². The second-order valence-electron chi connectivity index (χ2n) is 8.95. The van der Waals surface area contributed by atoms with E-state index in [1.54, 1.807) is 7.05 Å². The predicted molar refractivity (Wildman–Crippen MR) is 132 cm³/mol. The van der Waals surface area contributed by atoms with Crippen LogP contribution in [-0.2, 0) is 14.0 Å². The molecule has 0 bridgehead atoms. The van der Waals surface area contributed by atoms with E-state index >= 15 is 0 Å². The van der Waals surface area contributed by atoms with E-state index in [0.29, 0.717) is 11.4 Å². The summed E-state index contributed by atoms with van der Waals surface area (Å²) in [5, 5.41) is 2.70. The van der Waals surface area contributed by atoms with Crippen molar-refractivity contribution in [1.82, 2.24) is 5.32 Å². The Morgan fingerprint density at radius 1 is 1.06 bits per heavy atom. The van der Waals surface area contributed by atoms with Crippen molar-refractivity contribution in [2.75, 3.05) is 7.05 Å². The van der Waals surface area contributed by atoms with Crippen molar-refractivity contribution in [3.05, 3.63) is 71.9 Å². The number of carbonyl (C=O) groups excluding carboxylic acids is 1. The van der Waals surface area contributed by atoms with Gasteiger partial charge in [-0.2, -0.15) is 0 Å². The lowest BCUT2D eigenvalue weighted by molar-refractivity contribution is 0.00578. The molecule has 1 atom stereocenters. The molecule has 0 spiro atoms. The van der Waals surface area contributed by atoms with Gasteiger partial charge in [-0.1, -0.05) is 54.6 Å². The SMILES string of the molecule is CN=C(NC(=O)O[C@H](C)c1ccccc1)C(=CN)c1ccc(B2OC(C)(C)C(C)(C)O2)cc1. The summed E-state index contributed by atoms with van der Waals surface area (Å²) in [7, 11) is 1.12. The summed E-state index contributed by atoms with van der Waals surface area (Å²) >= 11 is 0. The van der Waals surface area contributed by atoms with Crippen molar-refractivity contribution in [2.45, 2.75) is 51.9 Å². The zero-order valence-electron chi connectivity index (χ0n) is 20.1. The minimum Gasteiger partial charge on any atom is -0.441 e. The van der Waals surface area contributed by atoms with Crippen LogP contribution in [0.15, 0.2) is 65.8 Å². The minimum atomic E-state index is -0.611. The summed E-state index contributed by atoms with van der Waals surface area (Å²) in [4.78, 5) is 16.7. The molecule has 1 amide bonds. The van der Waals surface area contributed by atoms with E-state index in [1.165, 1.54) is 6.20 Å². The second kappa shape index (κ2) is 9.81. The van der Waals surface area contributed by atoms with Crippen LogP contribution in [0, 0.1) is 0 Å². The van der Waals surface area contributed by atoms with Crippen LogP contribution in [0.3, 0.4) is 0 Å². The Labute approximate surface area is 196 Å². The van der Waals surface area contributed by atoms with Crippen LogP contribution >= 0.6 is 0 Å². The molecule has 0 aromatic heterocycles. The Bertz CT molecular complexity index is 1020. The number of hydrogen-bond acceptors (Lipinski definition) is 6. The molecule has 0 radical (unpaired) electrons. The highest BCUT2D eigenvalue weighted by atomic mass is 16.7. The molecule has 7 nitrogen and oxygen atoms in total. The van der Waals surface area contributed by atoms with E-state index in [9.17, 15) is 4.79 Å². The van der Waals surface area contributed by atoms with Crippen molar-refractivity contribution in [3.63, 3.8) is 0 Å². The maximum atomic E-state index is 12.5. The van der Waals surface area contributed by atoms with Gasteiger partial charge >= 0.3 is 13.2 Å². The molecule has 1 aliphatic rings. The van der Waals surface area contributed by atoms with Crippen LogP contribution in [0.2, 0.25) is 0 Å². The molecule has 8 heteroatoms. The Hall–Kier alpha value is -3.10. The van der Waals surface area contributed by atoms with E-state index in [1.807, 2.05) is 89.2 Å². The fourth-order valence-corrected chi connectivity index (χ4v) is 3.43. The molecule has 3 rings (SSSR count). The molecule has 174 valence electrons. The largest absolute Gasteiger partial charge is 0.494 e. The summed E-state index contributed by atoms with van der Waals surface area (Å²) in [6.07, 6.45) is 0.390. The number of nitrogens with two attached hydrogens (primary N) is 1. The molecule has 1 saturated heterocycles. The highest BCUT2D eigenvalue weighted by Crippen LogP contribution is 2.36. The van der Waals surface area contributed by atoms with Gasteiger partial charge in [0, 0.05) is 18.8 Å². The van der Waals surface area contributed by atoms with E-state index < -0.39 is 30.5 Å². The topological polar surface area (TPSA) is 95.2 Å². The quantitative estimate of drug-likeness (QED) is 0.411. The standard InChI is InChI=1S/C25H32BN3O4/c1-17(18-10-8-7-9-11-18)31-23(30)29-22(28-6)21(16-27)19-12-14-20(15-13-19)26-32-24(2,3)25(4,5)33-26/h7-17H,27H2,1-6H3,(H,28,29,30)/t17-/m1/s1. The average Bonchev–Trinajstić information content (AvgIpc) is 3.01. The van der Waals surface area contributed by atoms with Gasteiger partial charge in [0.25, 0.3) is 0 Å². The lowest BCUT2D eigenvalue weighted by Crippen LogP contribution is -2.41. The first kappa shape index (κ1) is 24.5. The monoisotopic (exact) mass is 449 g/mol. The zero-order chi connectivity index (χ0) is 24.2. The number of nitrogens with zero attached hydrogens (tertiary/aromatic N) is 1. The number of amides is 1. The number of alkyl carbamates (subject to hydrolysis) is 1. The molecule has 0 unspecified atom stereocenters. The predicted octanol–water partition coefficient (Wildman–Crippen LogP) is 3.80. The number of amidine groups is 1. The third kappa shape index (κ3) is 5.46. The first-order valence-corrected chi connectivity index (χ1v) is 11.0. The van der Waals surface area contributed by atoms with Crippen LogP contribution in [0.1, 0.15) is 51.8 Å². The third-order valence-electron chi connectivity index (χ3n) is 6.17. The molecule has 1 aliphatic heterocycles. The molecule has 2 aromatic rings. The highest BCUT2D eigenvalue weighted by Gasteiger charge is 2.51. The third-order valence-corrected chi connectivity index (χ3v) is 6.17. The van der Waals surface area contributed by atoms with Gasteiger partial charge in [0.05, 0.1) is 11.2 Å². The number of carbonyl (C=O) groups is 1. The van der Waals surface area contributed by atoms with Crippen molar-refractivity contribution < 1.29 is 18.8 Å². The van der Waals surface area contributed by atoms with E-state index in [2.05, 4.69) is 10.3 Å². The second-order valence-corrected chi connectivity index (χ2v) is 8.95. The number of ether oxygens (including phenoxy) is 1. The van der Waals surface area contributed by atoms with Crippen molar-refractivity contribution >= 4 is 30.1 Å². The number of benzene rings is 2. The molecule has 3 N–H and O–H groups in total. The fourth-order valence-electron chi connectivity index (χ4n) is 3.43. The van der Waals surface area contributed by atoms with Crippen LogP contribution in [0.4, 0.5) is 4.79 Å². The van der Waals surface area contributed by atoms with Gasteiger partial charge in [0.15, 0.2) is 0 Å². The maximum Gasteiger partial charge on any atom is 0.494 e. The molecule has 1 fully saturated rings. The summed E-state index contributed by atoms with van der Waals surface area (Å²) in [6, 6.07) is 17.1. The van der Waals surface area contributed by atoms with Crippen molar-refractivity contribution in [1.29, 1.82) is 0 Å². The number of hydrogen-bond donors (Lipinski definition) is 2. The molecule has 0 saturated carbocycles. The normalized spacial score (nSPS) is 18.7. The van der Waals surface area contributed by atoms with Gasteiger partial charge in [-0.3, -0.25) is 10.3 Å². The Morgan fingerprint density at radius 2 is 1.64 bits per heavy atom. The maximum absolute atomic E-state index is 12.5. The van der Waals surface area contributed by atoms with Gasteiger partial charge in [-0.25, -0.2) is 4.79 Å². The van der Waals surface area contributed by atoms with Gasteiger partial charge < -0.3 is 19.8 Å². The fraction of sp³-hybridized carbons (Fsp3) is 0.360. The van der Waals surface area contributed by atoms with Crippen molar-refractivity contribution in [3.8, 4) is 0 Å². The van der Waals surface area contributed by atoms with Gasteiger partial charge in [-0.15, -0.1) is 0 Å². The van der Waals surface area contributed by atoms with Crippen LogP contribution < -0.4 is 16.5 Å². The zero-order valence-corrected chi connectivity index (χ0v) is 20.1. The van der Waals surface area contributed by atoms with Crippen molar-refractivity contribution in [2.24, 2.45) is 10.7 Å². The molecular weight excluding hydrogens is 417 g/mol. The lowest BCUT2D eigenvalue weighted by Gasteiger charge is -2.32. The lowest BCUT2D eigenvalue weighted by atomic mass is 9.78. The van der Waals surface area contributed by atoms with Gasteiger partial charge in [0.2, 0.25) is 0 Å². The Balaban J connectivity index is 1.69. The molecule has 0 aliphatic carbocycles. The molecule has 1 heterocycles. The van der Waals surface area contributed by atoms with Crippen LogP contribution in [0.25, 0.3) is 5.57 Å². The summed E-state index contributed by atoms with van der Waals surface area (Å²) in [5.74, 6) is 0.311. The Morgan fingerprint density at radius 3 is 2.15 bits per heavy atom. The smallest absolute Gasteiger partial charge is 0.441 e. The number of nitrogens with one attached hydrogen (secondary N) is 1. The number of rotatable bonds is 5. The Kier molecular flexibility index (Phi) is 7.30. The minimum absolute atomic E-state index is 0.311. The van der Waals surface area contributed by atoms with E-state index in [4.69, 9.17) is 19.8 Å². The summed E-state index contributed by atoms with van der Waals surface area (Å²) < 4.78 is 17.7.